The molecule has 2 aromatic heterocycles. The number of benzene rings is 4. The number of hydrogen-bond acceptors (Lipinski definition) is 9. The molecule has 0 bridgehead atoms. The topological polar surface area (TPSA) is 104 Å². The average molecular weight is 541 g/mol. The highest BCUT2D eigenvalue weighted by Crippen LogP contribution is 2.29. The second kappa shape index (κ2) is 11.6. The number of anilines is 7. The van der Waals surface area contributed by atoms with Gasteiger partial charge in [0.2, 0.25) is 17.8 Å². The van der Waals surface area contributed by atoms with Gasteiger partial charge in [0, 0.05) is 54.0 Å². The third-order valence-corrected chi connectivity index (χ3v) is 6.31. The minimum Gasteiger partial charge on any atom is -0.378 e. The lowest BCUT2D eigenvalue weighted by Crippen LogP contribution is -2.07. The quantitative estimate of drug-likeness (QED) is 0.172. The Hall–Kier alpha value is -5.70. The Morgan fingerprint density at radius 1 is 0.537 bits per heavy atom. The van der Waals surface area contributed by atoms with Crippen LogP contribution in [0, 0.1) is 0 Å². The molecule has 4 aromatic carbocycles. The summed E-state index contributed by atoms with van der Waals surface area (Å²) in [6.07, 6.45) is 0. The normalized spacial score (nSPS) is 10.7. The van der Waals surface area contributed by atoms with Crippen LogP contribution >= 0.6 is 0 Å². The lowest BCUT2D eigenvalue weighted by atomic mass is 10.1. The molecule has 3 N–H and O–H groups in total. The molecule has 6 rings (SSSR count). The van der Waals surface area contributed by atoms with E-state index in [1.165, 1.54) is 0 Å². The minimum absolute atomic E-state index is 0.398. The first-order chi connectivity index (χ1) is 20.1. The van der Waals surface area contributed by atoms with Gasteiger partial charge < -0.3 is 25.4 Å². The molecule has 0 fully saturated rings. The smallest absolute Gasteiger partial charge is 0.233 e. The van der Waals surface area contributed by atoms with E-state index in [1.54, 1.807) is 0 Å². The van der Waals surface area contributed by atoms with Crippen LogP contribution in [-0.2, 0) is 0 Å². The molecule has 0 unspecified atom stereocenters. The van der Waals surface area contributed by atoms with Crippen molar-refractivity contribution in [2.75, 3.05) is 34.9 Å². The van der Waals surface area contributed by atoms with Gasteiger partial charge in [-0.3, -0.25) is 0 Å². The summed E-state index contributed by atoms with van der Waals surface area (Å²) in [5.41, 5.74) is 6.36. The van der Waals surface area contributed by atoms with E-state index in [0.717, 1.165) is 45.3 Å². The van der Waals surface area contributed by atoms with Crippen molar-refractivity contribution in [2.45, 2.75) is 0 Å². The lowest BCUT2D eigenvalue weighted by Gasteiger charge is -2.12. The second-order valence-corrected chi connectivity index (χ2v) is 9.51. The summed E-state index contributed by atoms with van der Waals surface area (Å²) in [4.78, 5) is 15.8. The van der Waals surface area contributed by atoms with E-state index in [4.69, 9.17) is 4.52 Å². The van der Waals surface area contributed by atoms with Crippen molar-refractivity contribution < 1.29 is 4.52 Å². The molecule has 2 heterocycles. The van der Waals surface area contributed by atoms with Crippen LogP contribution in [0.3, 0.4) is 0 Å². The number of nitrogens with one attached hydrogen (secondary N) is 3. The molecule has 0 saturated carbocycles. The highest BCUT2D eigenvalue weighted by Gasteiger charge is 2.11. The van der Waals surface area contributed by atoms with Crippen LogP contribution in [0.1, 0.15) is 0 Å². The van der Waals surface area contributed by atoms with Crippen LogP contribution in [0.2, 0.25) is 0 Å². The van der Waals surface area contributed by atoms with E-state index in [1.807, 2.05) is 117 Å². The fourth-order valence-corrected chi connectivity index (χ4v) is 4.17. The summed E-state index contributed by atoms with van der Waals surface area (Å²) in [7, 11) is 4.03. The largest absolute Gasteiger partial charge is 0.378 e. The Kier molecular flexibility index (Phi) is 7.23. The molecule has 0 radical (unpaired) electrons. The Morgan fingerprint density at radius 3 is 1.49 bits per heavy atom. The Labute approximate surface area is 237 Å². The first kappa shape index (κ1) is 25.6. The zero-order valence-electron chi connectivity index (χ0n) is 22.6. The Morgan fingerprint density at radius 2 is 1.00 bits per heavy atom. The first-order valence-electron chi connectivity index (χ1n) is 13.1. The van der Waals surface area contributed by atoms with Gasteiger partial charge in [-0.25, -0.2) is 0 Å². The Bertz CT molecular complexity index is 1660. The molecule has 0 saturated heterocycles. The van der Waals surface area contributed by atoms with Gasteiger partial charge in [0.25, 0.3) is 0 Å². The molecule has 202 valence electrons. The van der Waals surface area contributed by atoms with Crippen molar-refractivity contribution in [3.05, 3.63) is 115 Å². The SMILES string of the molecule is CN(C)c1ccc(-c2cc(-c3ccc(Nc4nc(Nc5ccccc5)nc(Nc5ccccc5)n4)cc3)no2)cc1. The van der Waals surface area contributed by atoms with Gasteiger partial charge in [-0.1, -0.05) is 53.7 Å². The van der Waals surface area contributed by atoms with Gasteiger partial charge >= 0.3 is 0 Å². The molecule has 0 aliphatic rings. The highest BCUT2D eigenvalue weighted by molar-refractivity contribution is 5.70. The fourth-order valence-electron chi connectivity index (χ4n) is 4.17. The maximum absolute atomic E-state index is 5.64. The zero-order valence-corrected chi connectivity index (χ0v) is 22.6. The number of para-hydroxylation sites is 2. The average Bonchev–Trinajstić information content (AvgIpc) is 3.49. The molecule has 6 aromatic rings. The van der Waals surface area contributed by atoms with E-state index >= 15 is 0 Å². The minimum atomic E-state index is 0.398. The zero-order chi connectivity index (χ0) is 28.0. The molecule has 0 atom stereocenters. The van der Waals surface area contributed by atoms with Gasteiger partial charge in [-0.2, -0.15) is 15.0 Å². The van der Waals surface area contributed by atoms with E-state index in [9.17, 15) is 0 Å². The number of nitrogens with zero attached hydrogens (tertiary/aromatic N) is 5. The maximum Gasteiger partial charge on any atom is 0.233 e. The van der Waals surface area contributed by atoms with Gasteiger partial charge in [0.15, 0.2) is 5.76 Å². The summed E-state index contributed by atoms with van der Waals surface area (Å²) in [6.45, 7) is 0. The van der Waals surface area contributed by atoms with Crippen LogP contribution < -0.4 is 20.9 Å². The number of aromatic nitrogens is 4. The molecular weight excluding hydrogens is 512 g/mol. The van der Waals surface area contributed by atoms with Gasteiger partial charge in [0.05, 0.1) is 0 Å². The fraction of sp³-hybridized carbons (Fsp3) is 0.0625. The van der Waals surface area contributed by atoms with E-state index in [-0.39, 0.29) is 0 Å². The highest BCUT2D eigenvalue weighted by atomic mass is 16.5. The summed E-state index contributed by atoms with van der Waals surface area (Å²) < 4.78 is 5.64. The van der Waals surface area contributed by atoms with Gasteiger partial charge in [-0.05, 0) is 60.7 Å². The molecule has 0 amide bonds. The second-order valence-electron chi connectivity index (χ2n) is 9.51. The third kappa shape index (κ3) is 6.31. The van der Waals surface area contributed by atoms with Crippen molar-refractivity contribution in [1.82, 2.24) is 20.1 Å². The molecular formula is C32H28N8O. The first-order valence-corrected chi connectivity index (χ1v) is 13.1. The number of rotatable bonds is 9. The predicted octanol–water partition coefficient (Wildman–Crippen LogP) is 7.49. The summed E-state index contributed by atoms with van der Waals surface area (Å²) >= 11 is 0. The monoisotopic (exact) mass is 540 g/mol. The molecule has 0 spiro atoms. The van der Waals surface area contributed by atoms with E-state index in [0.29, 0.717) is 17.8 Å². The maximum atomic E-state index is 5.64. The standard InChI is InChI=1S/C32H28N8O/c1-40(2)27-19-15-23(16-20-27)29-21-28(39-41-29)22-13-17-26(18-14-22)35-32-37-30(33-24-9-5-3-6-10-24)36-31(38-32)34-25-11-7-4-8-12-25/h3-21H,1-2H3,(H3,33,34,35,36,37,38). The summed E-state index contributed by atoms with van der Waals surface area (Å²) in [5.74, 6) is 1.94. The van der Waals surface area contributed by atoms with Crippen molar-refractivity contribution in [2.24, 2.45) is 0 Å². The summed E-state index contributed by atoms with van der Waals surface area (Å²) in [5, 5.41) is 14.1. The molecule has 41 heavy (non-hydrogen) atoms. The van der Waals surface area contributed by atoms with Crippen molar-refractivity contribution in [3.63, 3.8) is 0 Å². The van der Waals surface area contributed by atoms with Crippen LogP contribution in [0.25, 0.3) is 22.6 Å². The van der Waals surface area contributed by atoms with Crippen molar-refractivity contribution >= 4 is 40.6 Å². The van der Waals surface area contributed by atoms with Crippen LogP contribution in [0.5, 0.6) is 0 Å². The van der Waals surface area contributed by atoms with Crippen LogP contribution in [-0.4, -0.2) is 34.2 Å². The van der Waals surface area contributed by atoms with Crippen LogP contribution in [0.15, 0.2) is 120 Å². The van der Waals surface area contributed by atoms with Crippen molar-refractivity contribution in [3.8, 4) is 22.6 Å². The van der Waals surface area contributed by atoms with Gasteiger partial charge in [0.1, 0.15) is 5.69 Å². The Balaban J connectivity index is 1.21. The third-order valence-electron chi connectivity index (χ3n) is 6.31. The van der Waals surface area contributed by atoms with Gasteiger partial charge in [-0.15, -0.1) is 0 Å². The summed E-state index contributed by atoms with van der Waals surface area (Å²) in [6, 6.07) is 37.5. The van der Waals surface area contributed by atoms with Crippen molar-refractivity contribution in [1.29, 1.82) is 0 Å². The molecule has 0 aliphatic carbocycles. The van der Waals surface area contributed by atoms with E-state index < -0.39 is 0 Å². The van der Waals surface area contributed by atoms with Crippen LogP contribution in [0.4, 0.5) is 40.6 Å². The number of hydrogen-bond donors (Lipinski definition) is 3. The molecule has 0 aliphatic heterocycles. The van der Waals surface area contributed by atoms with E-state index in [2.05, 4.69) is 53.1 Å². The molecule has 9 nitrogen and oxygen atoms in total. The predicted molar refractivity (Wildman–Crippen MR) is 164 cm³/mol. The molecule has 9 heteroatoms. The lowest BCUT2D eigenvalue weighted by molar-refractivity contribution is 0.435.